The van der Waals surface area contributed by atoms with Crippen molar-refractivity contribution in [2.45, 2.75) is 0 Å². The van der Waals surface area contributed by atoms with E-state index in [4.69, 9.17) is 0 Å². The van der Waals surface area contributed by atoms with E-state index >= 15 is 0 Å². The average molecular weight is 188 g/mol. The fourth-order valence-electron chi connectivity index (χ4n) is 1.45. The van der Waals surface area contributed by atoms with Crippen LogP contribution in [0.1, 0.15) is 10.4 Å². The zero-order chi connectivity index (χ0) is 9.97. The highest BCUT2D eigenvalue weighted by atomic mass is 16.2. The van der Waals surface area contributed by atoms with Crippen molar-refractivity contribution in [1.29, 1.82) is 0 Å². The molecule has 1 aromatic carbocycles. The topological polar surface area (TPSA) is 37.4 Å². The Morgan fingerprint density at radius 2 is 1.93 bits per heavy atom. The van der Waals surface area contributed by atoms with Crippen LogP contribution in [0.4, 0.5) is 0 Å². The lowest BCUT2D eigenvalue weighted by atomic mass is 10.2. The highest BCUT2D eigenvalue weighted by Crippen LogP contribution is 2.09. The minimum absolute atomic E-state index is 0.0225. The first-order valence-corrected chi connectivity index (χ1v) is 4.48. The first kappa shape index (κ1) is 8.94. The summed E-state index contributed by atoms with van der Waals surface area (Å²) in [5, 5.41) is 0. The van der Waals surface area contributed by atoms with Crippen LogP contribution in [0.25, 0.3) is 0 Å². The van der Waals surface area contributed by atoms with Gasteiger partial charge in [-0.1, -0.05) is 18.2 Å². The van der Waals surface area contributed by atoms with Gasteiger partial charge in [-0.2, -0.15) is 0 Å². The molecule has 0 N–H and O–H groups in total. The van der Waals surface area contributed by atoms with Crippen LogP contribution in [-0.4, -0.2) is 29.7 Å². The highest BCUT2D eigenvalue weighted by molar-refractivity contribution is 6.01. The van der Waals surface area contributed by atoms with Gasteiger partial charge in [-0.25, -0.2) is 0 Å². The molecule has 3 heteroatoms. The van der Waals surface area contributed by atoms with E-state index in [1.54, 1.807) is 18.6 Å². The Morgan fingerprint density at radius 3 is 2.50 bits per heavy atom. The van der Waals surface area contributed by atoms with Crippen LogP contribution in [0, 0.1) is 6.42 Å². The number of carbonyl (C=O) groups is 2. The van der Waals surface area contributed by atoms with E-state index in [0.29, 0.717) is 12.1 Å². The van der Waals surface area contributed by atoms with Gasteiger partial charge in [0, 0.05) is 18.5 Å². The van der Waals surface area contributed by atoms with Gasteiger partial charge >= 0.3 is 0 Å². The van der Waals surface area contributed by atoms with E-state index in [1.807, 2.05) is 18.2 Å². The molecule has 0 atom stereocenters. The molecule has 0 aromatic heterocycles. The van der Waals surface area contributed by atoms with Crippen LogP contribution in [0.2, 0.25) is 0 Å². The fourth-order valence-corrected chi connectivity index (χ4v) is 1.45. The van der Waals surface area contributed by atoms with Gasteiger partial charge in [0.15, 0.2) is 5.78 Å². The summed E-state index contributed by atoms with van der Waals surface area (Å²) in [7, 11) is 0. The number of nitrogens with zero attached hydrogens (tertiary/aromatic N) is 1. The second kappa shape index (κ2) is 3.62. The summed E-state index contributed by atoms with van der Waals surface area (Å²) in [6.45, 7) is 0.653. The number of likely N-dealkylation sites (tertiary alicyclic amines) is 1. The Morgan fingerprint density at radius 1 is 1.21 bits per heavy atom. The predicted molar refractivity (Wildman–Crippen MR) is 51.7 cm³/mol. The molecule has 0 saturated carbocycles. The quantitative estimate of drug-likeness (QED) is 0.657. The predicted octanol–water partition coefficient (Wildman–Crippen LogP) is 0.916. The molecule has 1 aromatic rings. The van der Waals surface area contributed by atoms with E-state index in [9.17, 15) is 9.59 Å². The Bertz CT molecular complexity index is 359. The van der Waals surface area contributed by atoms with Crippen LogP contribution in [0.15, 0.2) is 30.3 Å². The standard InChI is InChI=1S/C11H10NO2/c13-10-6-7-12(8-10)11(14)9-4-2-1-3-5-9/h1-6H,7-8H2. The first-order chi connectivity index (χ1) is 6.77. The molecule has 0 unspecified atom stereocenters. The van der Waals surface area contributed by atoms with Gasteiger partial charge in [-0.05, 0) is 12.1 Å². The summed E-state index contributed by atoms with van der Waals surface area (Å²) in [6.07, 6.45) is 1.54. The van der Waals surface area contributed by atoms with Crippen molar-refractivity contribution in [2.75, 3.05) is 13.1 Å². The van der Waals surface area contributed by atoms with Crippen molar-refractivity contribution < 1.29 is 9.59 Å². The lowest BCUT2D eigenvalue weighted by Crippen LogP contribution is -2.28. The monoisotopic (exact) mass is 188 g/mol. The first-order valence-electron chi connectivity index (χ1n) is 4.48. The molecule has 0 spiro atoms. The van der Waals surface area contributed by atoms with Crippen LogP contribution in [-0.2, 0) is 4.79 Å². The molecular formula is C11H10NO2. The van der Waals surface area contributed by atoms with E-state index in [-0.39, 0.29) is 18.2 Å². The molecule has 1 fully saturated rings. The zero-order valence-electron chi connectivity index (χ0n) is 7.64. The molecule has 14 heavy (non-hydrogen) atoms. The number of Topliss-reactive ketones (excluding diaryl/α,β-unsaturated/α-hetero) is 1. The number of rotatable bonds is 1. The molecule has 1 radical (unpaired) electrons. The summed E-state index contributed by atoms with van der Waals surface area (Å²) in [5.41, 5.74) is 0.635. The molecule has 71 valence electrons. The van der Waals surface area contributed by atoms with Crippen molar-refractivity contribution in [3.05, 3.63) is 42.3 Å². The van der Waals surface area contributed by atoms with Crippen LogP contribution >= 0.6 is 0 Å². The summed E-state index contributed by atoms with van der Waals surface area (Å²) in [6, 6.07) is 9.00. The number of benzene rings is 1. The van der Waals surface area contributed by atoms with Crippen LogP contribution < -0.4 is 0 Å². The Kier molecular flexibility index (Phi) is 2.31. The minimum atomic E-state index is -0.0762. The van der Waals surface area contributed by atoms with Gasteiger partial charge in [0.25, 0.3) is 5.91 Å². The van der Waals surface area contributed by atoms with Gasteiger partial charge in [0.05, 0.1) is 6.54 Å². The smallest absolute Gasteiger partial charge is 0.254 e. The molecule has 0 aliphatic carbocycles. The molecule has 1 amide bonds. The van der Waals surface area contributed by atoms with Gasteiger partial charge in [0.2, 0.25) is 0 Å². The maximum atomic E-state index is 11.7. The molecule has 3 nitrogen and oxygen atoms in total. The van der Waals surface area contributed by atoms with Gasteiger partial charge < -0.3 is 4.90 Å². The molecule has 2 rings (SSSR count). The van der Waals surface area contributed by atoms with Crippen molar-refractivity contribution in [3.63, 3.8) is 0 Å². The fraction of sp³-hybridized carbons (Fsp3) is 0.182. The largest absolute Gasteiger partial charge is 0.331 e. The minimum Gasteiger partial charge on any atom is -0.331 e. The van der Waals surface area contributed by atoms with Crippen LogP contribution in [0.3, 0.4) is 0 Å². The average Bonchev–Trinajstić information content (AvgIpc) is 2.65. The van der Waals surface area contributed by atoms with Crippen LogP contribution in [0.5, 0.6) is 0 Å². The Balaban J connectivity index is 2.13. The van der Waals surface area contributed by atoms with Gasteiger partial charge in [-0.15, -0.1) is 0 Å². The van der Waals surface area contributed by atoms with E-state index < -0.39 is 0 Å². The SMILES string of the molecule is O=C1[CH]CN(C(=O)c2ccccc2)C1. The number of hydrogen-bond donors (Lipinski definition) is 0. The second-order valence-corrected chi connectivity index (χ2v) is 3.22. The van der Waals surface area contributed by atoms with E-state index in [2.05, 4.69) is 0 Å². The third-order valence-corrected chi connectivity index (χ3v) is 2.19. The summed E-state index contributed by atoms with van der Waals surface area (Å²) in [4.78, 5) is 24.2. The normalized spacial score (nSPS) is 16.0. The van der Waals surface area contributed by atoms with Crippen molar-refractivity contribution in [2.24, 2.45) is 0 Å². The van der Waals surface area contributed by atoms with Gasteiger partial charge in [0.1, 0.15) is 0 Å². The lowest BCUT2D eigenvalue weighted by Gasteiger charge is -2.13. The maximum absolute atomic E-state index is 11.7. The van der Waals surface area contributed by atoms with Crippen molar-refractivity contribution >= 4 is 11.7 Å². The summed E-state index contributed by atoms with van der Waals surface area (Å²) < 4.78 is 0. The Hall–Kier alpha value is -1.64. The molecule has 1 aliphatic heterocycles. The molecule has 1 aliphatic rings. The summed E-state index contributed by atoms with van der Waals surface area (Å²) in [5.74, 6) is -0.0537. The zero-order valence-corrected chi connectivity index (χ0v) is 7.64. The van der Waals surface area contributed by atoms with E-state index in [0.717, 1.165) is 0 Å². The molecular weight excluding hydrogens is 178 g/mol. The molecule has 1 saturated heterocycles. The molecule has 1 heterocycles. The third kappa shape index (κ3) is 1.66. The molecule has 0 bridgehead atoms. The van der Waals surface area contributed by atoms with Crippen molar-refractivity contribution in [1.82, 2.24) is 4.90 Å². The second-order valence-electron chi connectivity index (χ2n) is 3.22. The summed E-state index contributed by atoms with van der Waals surface area (Å²) >= 11 is 0. The van der Waals surface area contributed by atoms with E-state index in [1.165, 1.54) is 4.90 Å². The highest BCUT2D eigenvalue weighted by Gasteiger charge is 2.24. The number of amides is 1. The van der Waals surface area contributed by atoms with Gasteiger partial charge in [-0.3, -0.25) is 9.59 Å². The lowest BCUT2D eigenvalue weighted by molar-refractivity contribution is -0.114. The third-order valence-electron chi connectivity index (χ3n) is 2.19. The maximum Gasteiger partial charge on any atom is 0.254 e. The van der Waals surface area contributed by atoms with Crippen molar-refractivity contribution in [3.8, 4) is 0 Å². The Labute approximate surface area is 82.3 Å². The number of ketones is 1. The number of hydrogen-bond acceptors (Lipinski definition) is 2. The number of carbonyl (C=O) groups excluding carboxylic acids is 2.